The van der Waals surface area contributed by atoms with Crippen molar-refractivity contribution in [2.24, 2.45) is 0 Å². The normalized spacial score (nSPS) is 14.4. The van der Waals surface area contributed by atoms with Crippen LogP contribution in [-0.4, -0.2) is 31.5 Å². The molecule has 1 aromatic rings. The number of rotatable bonds is 6. The van der Waals surface area contributed by atoms with Gasteiger partial charge in [-0.3, -0.25) is 0 Å². The van der Waals surface area contributed by atoms with E-state index in [1.54, 1.807) is 27.2 Å². The van der Waals surface area contributed by atoms with Crippen LogP contribution in [0.1, 0.15) is 18.9 Å². The van der Waals surface area contributed by atoms with E-state index in [0.29, 0.717) is 24.5 Å². The Balaban J connectivity index is 2.82. The fraction of sp³-hybridized carbons (Fsp3) is 0.538. The second-order valence-electron chi connectivity index (χ2n) is 4.37. The van der Waals surface area contributed by atoms with Crippen LogP contribution in [0.15, 0.2) is 18.2 Å². The summed E-state index contributed by atoms with van der Waals surface area (Å²) < 4.78 is 10.2. The molecule has 0 amide bonds. The Morgan fingerprint density at radius 2 is 2.06 bits per heavy atom. The minimum atomic E-state index is -0.825. The number of ether oxygens (including phenoxy) is 2. The Hall–Kier alpha value is -0.770. The Morgan fingerprint density at radius 1 is 1.35 bits per heavy atom. The van der Waals surface area contributed by atoms with Gasteiger partial charge in [0.15, 0.2) is 0 Å². The highest BCUT2D eigenvalue weighted by Crippen LogP contribution is 2.27. The van der Waals surface area contributed by atoms with Gasteiger partial charge in [-0.05, 0) is 37.1 Å². The van der Waals surface area contributed by atoms with E-state index in [2.05, 4.69) is 0 Å². The average Bonchev–Trinajstić information content (AvgIpc) is 2.26. The van der Waals surface area contributed by atoms with Crippen molar-refractivity contribution in [1.29, 1.82) is 0 Å². The summed E-state index contributed by atoms with van der Waals surface area (Å²) in [5.41, 5.74) is 0.0784. The molecule has 96 valence electrons. The number of hydrogen-bond acceptors (Lipinski definition) is 3. The number of halogens is 1. The number of benzene rings is 1. The summed E-state index contributed by atoms with van der Waals surface area (Å²) in [6.45, 7) is 2.31. The molecule has 1 rings (SSSR count). The van der Waals surface area contributed by atoms with E-state index < -0.39 is 5.60 Å². The minimum Gasteiger partial charge on any atom is -0.496 e. The van der Waals surface area contributed by atoms with Crippen LogP contribution in [0.3, 0.4) is 0 Å². The maximum absolute atomic E-state index is 10.2. The number of methoxy groups -OCH3 is 2. The van der Waals surface area contributed by atoms with Gasteiger partial charge in [-0.15, -0.1) is 0 Å². The van der Waals surface area contributed by atoms with Crippen molar-refractivity contribution in [3.05, 3.63) is 28.8 Å². The van der Waals surface area contributed by atoms with Crippen molar-refractivity contribution < 1.29 is 14.6 Å². The Bertz CT molecular complexity index is 364. The molecule has 0 saturated carbocycles. The first-order chi connectivity index (χ1) is 7.98. The van der Waals surface area contributed by atoms with E-state index in [0.717, 1.165) is 11.3 Å². The highest BCUT2D eigenvalue weighted by atomic mass is 35.5. The largest absolute Gasteiger partial charge is 0.496 e. The van der Waals surface area contributed by atoms with Crippen LogP contribution in [0.4, 0.5) is 0 Å². The standard InChI is InChI=1S/C13H19ClO3/c1-13(15,6-7-16-2)9-10-8-11(14)4-5-12(10)17-3/h4-5,8,15H,6-7,9H2,1-3H3. The summed E-state index contributed by atoms with van der Waals surface area (Å²) in [5, 5.41) is 10.9. The van der Waals surface area contributed by atoms with Crippen LogP contribution in [0, 0.1) is 0 Å². The third-order valence-corrected chi connectivity index (χ3v) is 2.89. The van der Waals surface area contributed by atoms with Crippen molar-refractivity contribution in [3.63, 3.8) is 0 Å². The SMILES string of the molecule is COCCC(C)(O)Cc1cc(Cl)ccc1OC. The molecule has 0 saturated heterocycles. The highest BCUT2D eigenvalue weighted by molar-refractivity contribution is 6.30. The van der Waals surface area contributed by atoms with E-state index in [9.17, 15) is 5.11 Å². The minimum absolute atomic E-state index is 0.486. The van der Waals surface area contributed by atoms with Crippen LogP contribution in [0.25, 0.3) is 0 Å². The van der Waals surface area contributed by atoms with Gasteiger partial charge in [-0.25, -0.2) is 0 Å². The van der Waals surface area contributed by atoms with E-state index >= 15 is 0 Å². The first-order valence-electron chi connectivity index (χ1n) is 5.52. The van der Waals surface area contributed by atoms with Crippen molar-refractivity contribution in [2.45, 2.75) is 25.4 Å². The van der Waals surface area contributed by atoms with Gasteiger partial charge in [-0.1, -0.05) is 11.6 Å². The monoisotopic (exact) mass is 258 g/mol. The molecule has 1 aromatic carbocycles. The molecule has 1 unspecified atom stereocenters. The molecule has 3 nitrogen and oxygen atoms in total. The van der Waals surface area contributed by atoms with Gasteiger partial charge in [0.2, 0.25) is 0 Å². The van der Waals surface area contributed by atoms with Crippen LogP contribution in [0.2, 0.25) is 5.02 Å². The zero-order valence-corrected chi connectivity index (χ0v) is 11.3. The average molecular weight is 259 g/mol. The quantitative estimate of drug-likeness (QED) is 0.853. The third kappa shape index (κ3) is 4.54. The van der Waals surface area contributed by atoms with Gasteiger partial charge >= 0.3 is 0 Å². The molecule has 4 heteroatoms. The summed E-state index contributed by atoms with van der Waals surface area (Å²) in [6.07, 6.45) is 1.05. The molecule has 1 N–H and O–H groups in total. The zero-order chi connectivity index (χ0) is 12.9. The highest BCUT2D eigenvalue weighted by Gasteiger charge is 2.22. The Labute approximate surface area is 107 Å². The van der Waals surface area contributed by atoms with Crippen molar-refractivity contribution in [1.82, 2.24) is 0 Å². The summed E-state index contributed by atoms with van der Waals surface area (Å²) in [6, 6.07) is 5.40. The Kier molecular flexibility index (Phi) is 5.25. The molecule has 0 bridgehead atoms. The first-order valence-corrected chi connectivity index (χ1v) is 5.90. The molecule has 17 heavy (non-hydrogen) atoms. The third-order valence-electron chi connectivity index (χ3n) is 2.66. The van der Waals surface area contributed by atoms with Gasteiger partial charge < -0.3 is 14.6 Å². The molecule has 1 atom stereocenters. The van der Waals surface area contributed by atoms with Crippen LogP contribution >= 0.6 is 11.6 Å². The van der Waals surface area contributed by atoms with E-state index in [1.165, 1.54) is 0 Å². The smallest absolute Gasteiger partial charge is 0.122 e. The summed E-state index contributed by atoms with van der Waals surface area (Å²) in [7, 11) is 3.23. The molecule has 0 radical (unpaired) electrons. The lowest BCUT2D eigenvalue weighted by molar-refractivity contribution is 0.0245. The zero-order valence-electron chi connectivity index (χ0n) is 10.5. The second-order valence-corrected chi connectivity index (χ2v) is 4.81. The number of aliphatic hydroxyl groups is 1. The van der Waals surface area contributed by atoms with Crippen molar-refractivity contribution in [2.75, 3.05) is 20.8 Å². The maximum atomic E-state index is 10.2. The van der Waals surface area contributed by atoms with E-state index in [1.807, 2.05) is 12.1 Å². The maximum Gasteiger partial charge on any atom is 0.122 e. The van der Waals surface area contributed by atoms with Crippen LogP contribution in [-0.2, 0) is 11.2 Å². The summed E-state index contributed by atoms with van der Waals surface area (Å²) in [4.78, 5) is 0. The lowest BCUT2D eigenvalue weighted by Gasteiger charge is -2.24. The van der Waals surface area contributed by atoms with Crippen molar-refractivity contribution in [3.8, 4) is 5.75 Å². The molecule has 0 aromatic heterocycles. The van der Waals surface area contributed by atoms with Gasteiger partial charge in [0.1, 0.15) is 5.75 Å². The van der Waals surface area contributed by atoms with Gasteiger partial charge in [-0.2, -0.15) is 0 Å². The first kappa shape index (κ1) is 14.3. The lowest BCUT2D eigenvalue weighted by Crippen LogP contribution is -2.29. The van der Waals surface area contributed by atoms with Gasteiger partial charge in [0, 0.05) is 25.2 Å². The van der Waals surface area contributed by atoms with Crippen LogP contribution in [0.5, 0.6) is 5.75 Å². The predicted octanol–water partition coefficient (Wildman–Crippen LogP) is 2.68. The van der Waals surface area contributed by atoms with Gasteiger partial charge in [0.25, 0.3) is 0 Å². The fourth-order valence-corrected chi connectivity index (χ4v) is 1.90. The molecule has 0 aliphatic rings. The predicted molar refractivity (Wildman–Crippen MR) is 68.8 cm³/mol. The van der Waals surface area contributed by atoms with Crippen LogP contribution < -0.4 is 4.74 Å². The van der Waals surface area contributed by atoms with E-state index in [4.69, 9.17) is 21.1 Å². The lowest BCUT2D eigenvalue weighted by atomic mass is 9.93. The number of hydrogen-bond donors (Lipinski definition) is 1. The topological polar surface area (TPSA) is 38.7 Å². The molecule has 0 aliphatic heterocycles. The molecule has 0 heterocycles. The van der Waals surface area contributed by atoms with Crippen molar-refractivity contribution >= 4 is 11.6 Å². The molecule has 0 spiro atoms. The van der Waals surface area contributed by atoms with Gasteiger partial charge in [0.05, 0.1) is 12.7 Å². The molecule has 0 aliphatic carbocycles. The summed E-state index contributed by atoms with van der Waals surface area (Å²) >= 11 is 5.95. The molecular formula is C13H19ClO3. The second kappa shape index (κ2) is 6.24. The molecule has 0 fully saturated rings. The van der Waals surface area contributed by atoms with E-state index in [-0.39, 0.29) is 0 Å². The summed E-state index contributed by atoms with van der Waals surface area (Å²) in [5.74, 6) is 0.743. The molecular weight excluding hydrogens is 240 g/mol. The Morgan fingerprint density at radius 3 is 2.65 bits per heavy atom. The fourth-order valence-electron chi connectivity index (χ4n) is 1.71.